The molecule has 0 bridgehead atoms. The topological polar surface area (TPSA) is 85.1 Å². The van der Waals surface area contributed by atoms with Crippen LogP contribution < -0.4 is 10.2 Å². The van der Waals surface area contributed by atoms with Gasteiger partial charge in [-0.05, 0) is 38.3 Å². The zero-order valence-electron chi connectivity index (χ0n) is 15.0. The Morgan fingerprint density at radius 1 is 1.28 bits per heavy atom. The number of benzene rings is 1. The van der Waals surface area contributed by atoms with Gasteiger partial charge in [0, 0.05) is 38.1 Å². The Morgan fingerprint density at radius 3 is 2.68 bits per heavy atom. The van der Waals surface area contributed by atoms with Gasteiger partial charge in [0.25, 0.3) is 0 Å². The van der Waals surface area contributed by atoms with E-state index in [9.17, 15) is 10.4 Å². The maximum absolute atomic E-state index is 9.97. The molecule has 6 heteroatoms. The average molecular weight is 339 g/mol. The molecule has 0 radical (unpaired) electrons. The van der Waals surface area contributed by atoms with Gasteiger partial charge in [-0.15, -0.1) is 0 Å². The number of fused-ring (bicyclic) bond motifs is 1. The largest absolute Gasteiger partial charge is 0.389 e. The molecular weight excluding hydrogens is 314 g/mol. The predicted molar refractivity (Wildman–Crippen MR) is 98.3 cm³/mol. The quantitative estimate of drug-likeness (QED) is 0.887. The number of aromatic nitrogens is 2. The summed E-state index contributed by atoms with van der Waals surface area (Å²) in [6.07, 6.45) is 4.37. The van der Waals surface area contributed by atoms with Gasteiger partial charge in [0.05, 0.1) is 16.9 Å². The van der Waals surface area contributed by atoms with Gasteiger partial charge >= 0.3 is 0 Å². The fraction of sp³-hybridized carbons (Fsp3) is 0.526. The van der Waals surface area contributed by atoms with Crippen molar-refractivity contribution in [1.82, 2.24) is 15.3 Å². The number of hydrogen-bond donors (Lipinski definition) is 2. The lowest BCUT2D eigenvalue weighted by Gasteiger charge is -2.39. The molecule has 0 aliphatic carbocycles. The molecule has 132 valence electrons. The highest BCUT2D eigenvalue weighted by atomic mass is 16.3. The lowest BCUT2D eigenvalue weighted by Crippen LogP contribution is -2.51. The van der Waals surface area contributed by atoms with Crippen LogP contribution in [0, 0.1) is 17.2 Å². The summed E-state index contributed by atoms with van der Waals surface area (Å²) < 4.78 is 0. The third kappa shape index (κ3) is 4.06. The highest BCUT2D eigenvalue weighted by Gasteiger charge is 2.27. The summed E-state index contributed by atoms with van der Waals surface area (Å²) in [5.74, 6) is 0.524. The fourth-order valence-corrected chi connectivity index (χ4v) is 3.48. The Labute approximate surface area is 148 Å². The molecule has 2 atom stereocenters. The Kier molecular flexibility index (Phi) is 4.89. The molecule has 2 heterocycles. The molecule has 1 aromatic heterocycles. The van der Waals surface area contributed by atoms with E-state index in [1.54, 1.807) is 12.4 Å². The summed E-state index contributed by atoms with van der Waals surface area (Å²) >= 11 is 0. The third-order valence-electron chi connectivity index (χ3n) is 4.55. The van der Waals surface area contributed by atoms with E-state index in [1.165, 1.54) is 0 Å². The molecule has 2 aromatic rings. The maximum Gasteiger partial charge on any atom is 0.113 e. The highest BCUT2D eigenvalue weighted by molar-refractivity contribution is 5.92. The number of piperidine rings is 1. The summed E-state index contributed by atoms with van der Waals surface area (Å²) in [5, 5.41) is 22.8. The van der Waals surface area contributed by atoms with Crippen molar-refractivity contribution in [3.63, 3.8) is 0 Å². The van der Waals surface area contributed by atoms with Crippen LogP contribution in [0.2, 0.25) is 0 Å². The summed E-state index contributed by atoms with van der Waals surface area (Å²) in [6.45, 7) is 8.21. The first-order valence-corrected chi connectivity index (χ1v) is 8.72. The monoisotopic (exact) mass is 339 g/mol. The fourth-order valence-electron chi connectivity index (χ4n) is 3.48. The van der Waals surface area contributed by atoms with Crippen LogP contribution >= 0.6 is 0 Å². The van der Waals surface area contributed by atoms with Crippen molar-refractivity contribution >= 4 is 16.7 Å². The van der Waals surface area contributed by atoms with Crippen LogP contribution in [0.3, 0.4) is 0 Å². The molecule has 0 unspecified atom stereocenters. The smallest absolute Gasteiger partial charge is 0.113 e. The van der Waals surface area contributed by atoms with E-state index >= 15 is 0 Å². The Hall–Kier alpha value is -2.23. The van der Waals surface area contributed by atoms with Gasteiger partial charge in [-0.25, -0.2) is 0 Å². The minimum atomic E-state index is -0.724. The van der Waals surface area contributed by atoms with Gasteiger partial charge in [0.2, 0.25) is 0 Å². The minimum absolute atomic E-state index is 0.303. The lowest BCUT2D eigenvalue weighted by molar-refractivity contribution is 0.0748. The van der Waals surface area contributed by atoms with Crippen LogP contribution in [0.5, 0.6) is 0 Å². The van der Waals surface area contributed by atoms with Crippen molar-refractivity contribution in [3.05, 3.63) is 30.1 Å². The van der Waals surface area contributed by atoms with Crippen molar-refractivity contribution in [2.75, 3.05) is 24.5 Å². The van der Waals surface area contributed by atoms with E-state index in [2.05, 4.69) is 33.2 Å². The number of anilines is 1. The van der Waals surface area contributed by atoms with Gasteiger partial charge in [0.15, 0.2) is 0 Å². The molecular formula is C19H25N5O. The van der Waals surface area contributed by atoms with E-state index in [0.717, 1.165) is 30.7 Å². The van der Waals surface area contributed by atoms with Crippen LogP contribution in [0.25, 0.3) is 11.0 Å². The van der Waals surface area contributed by atoms with Gasteiger partial charge in [-0.2, -0.15) is 5.26 Å². The molecule has 25 heavy (non-hydrogen) atoms. The first-order valence-electron chi connectivity index (χ1n) is 8.72. The molecule has 1 aliphatic heterocycles. The zero-order chi connectivity index (χ0) is 18.0. The summed E-state index contributed by atoms with van der Waals surface area (Å²) in [4.78, 5) is 11.2. The molecule has 6 nitrogen and oxygen atoms in total. The molecule has 1 aromatic carbocycles. The van der Waals surface area contributed by atoms with Crippen molar-refractivity contribution < 1.29 is 5.11 Å². The van der Waals surface area contributed by atoms with E-state index in [0.29, 0.717) is 29.6 Å². The van der Waals surface area contributed by atoms with E-state index in [1.807, 2.05) is 26.0 Å². The van der Waals surface area contributed by atoms with Crippen molar-refractivity contribution in [1.29, 1.82) is 5.26 Å². The Morgan fingerprint density at radius 2 is 2.00 bits per heavy atom. The first kappa shape index (κ1) is 17.6. The molecule has 3 rings (SSSR count). The molecule has 0 amide bonds. The molecule has 2 N–H and O–H groups in total. The van der Waals surface area contributed by atoms with E-state index in [4.69, 9.17) is 0 Å². The van der Waals surface area contributed by atoms with Crippen molar-refractivity contribution in [2.45, 2.75) is 38.8 Å². The molecule has 0 saturated carbocycles. The number of rotatable bonds is 4. The second kappa shape index (κ2) is 6.95. The molecule has 1 fully saturated rings. The zero-order valence-corrected chi connectivity index (χ0v) is 15.0. The molecule has 0 spiro atoms. The second-order valence-electron chi connectivity index (χ2n) is 7.63. The Bertz CT molecular complexity index is 792. The summed E-state index contributed by atoms with van der Waals surface area (Å²) in [7, 11) is 0. The Balaban J connectivity index is 1.88. The summed E-state index contributed by atoms with van der Waals surface area (Å²) in [5.41, 5.74) is 2.27. The van der Waals surface area contributed by atoms with Gasteiger partial charge in [-0.1, -0.05) is 6.92 Å². The van der Waals surface area contributed by atoms with E-state index in [-0.39, 0.29) is 0 Å². The third-order valence-corrected chi connectivity index (χ3v) is 4.55. The molecule has 1 aliphatic rings. The van der Waals surface area contributed by atoms with Crippen LogP contribution in [0.15, 0.2) is 24.5 Å². The SMILES string of the molecule is C[C@@H]1C[C@H](NCC(C)(C)O)CN(c2ccc(C#N)c3nccnc23)C1. The molecule has 1 saturated heterocycles. The van der Waals surface area contributed by atoms with Crippen LogP contribution in [0.1, 0.15) is 32.8 Å². The first-order chi connectivity index (χ1) is 11.9. The van der Waals surface area contributed by atoms with Crippen molar-refractivity contribution in [2.24, 2.45) is 5.92 Å². The van der Waals surface area contributed by atoms with Crippen LogP contribution in [-0.2, 0) is 0 Å². The van der Waals surface area contributed by atoms with Crippen LogP contribution in [-0.4, -0.2) is 46.4 Å². The van der Waals surface area contributed by atoms with Gasteiger partial charge < -0.3 is 15.3 Å². The van der Waals surface area contributed by atoms with Crippen molar-refractivity contribution in [3.8, 4) is 6.07 Å². The highest BCUT2D eigenvalue weighted by Crippen LogP contribution is 2.30. The minimum Gasteiger partial charge on any atom is -0.389 e. The predicted octanol–water partition coefficient (Wildman–Crippen LogP) is 2.08. The lowest BCUT2D eigenvalue weighted by atomic mass is 9.94. The average Bonchev–Trinajstić information content (AvgIpc) is 2.58. The van der Waals surface area contributed by atoms with Crippen LogP contribution in [0.4, 0.5) is 5.69 Å². The number of nitrogens with zero attached hydrogens (tertiary/aromatic N) is 4. The second-order valence-corrected chi connectivity index (χ2v) is 7.63. The number of aliphatic hydroxyl groups is 1. The standard InChI is InChI=1S/C19H25N5O/c1-13-8-15(23-12-19(2,3)25)11-24(10-13)16-5-4-14(9-20)17-18(16)22-7-6-21-17/h4-7,13,15,23,25H,8,10-12H2,1-3H3/t13-,15+/m1/s1. The number of hydrogen-bond acceptors (Lipinski definition) is 6. The summed E-state index contributed by atoms with van der Waals surface area (Å²) in [6, 6.07) is 6.29. The van der Waals surface area contributed by atoms with Gasteiger partial charge in [-0.3, -0.25) is 9.97 Å². The number of nitriles is 1. The maximum atomic E-state index is 9.97. The number of nitrogens with one attached hydrogen (secondary N) is 1. The van der Waals surface area contributed by atoms with Gasteiger partial charge in [0.1, 0.15) is 17.1 Å². The normalized spacial score (nSPS) is 21.3. The van der Waals surface area contributed by atoms with E-state index < -0.39 is 5.60 Å².